The fourth-order valence-electron chi connectivity index (χ4n) is 2.80. The van der Waals surface area contributed by atoms with E-state index in [2.05, 4.69) is 10.4 Å². The van der Waals surface area contributed by atoms with E-state index in [1.807, 2.05) is 0 Å². The first-order valence-corrected chi connectivity index (χ1v) is 10.1. The van der Waals surface area contributed by atoms with E-state index in [-0.39, 0.29) is 33.4 Å². The zero-order chi connectivity index (χ0) is 23.6. The van der Waals surface area contributed by atoms with Crippen molar-refractivity contribution in [2.75, 3.05) is 5.32 Å². The predicted molar refractivity (Wildman–Crippen MR) is 113 cm³/mol. The van der Waals surface area contributed by atoms with Crippen LogP contribution in [-0.2, 0) is 11.3 Å². The fourth-order valence-corrected chi connectivity index (χ4v) is 3.84. The number of anilines is 1. The lowest BCUT2D eigenvalue weighted by molar-refractivity contribution is -0.385. The van der Waals surface area contributed by atoms with Crippen molar-refractivity contribution in [2.45, 2.75) is 33.4 Å². The third-order valence-corrected chi connectivity index (χ3v) is 5.40. The molecule has 0 unspecified atom stereocenters. The molecule has 0 radical (unpaired) electrons. The molecule has 168 valence electrons. The van der Waals surface area contributed by atoms with Gasteiger partial charge in [-0.05, 0) is 38.5 Å². The number of rotatable bonds is 8. The number of primary amides is 1. The van der Waals surface area contributed by atoms with Gasteiger partial charge in [0.2, 0.25) is 0 Å². The van der Waals surface area contributed by atoms with Gasteiger partial charge < -0.3 is 20.2 Å². The molecule has 0 aliphatic rings. The second kappa shape index (κ2) is 9.01. The Labute approximate surface area is 185 Å². The Morgan fingerprint density at radius 3 is 2.69 bits per heavy atom. The Bertz CT molecular complexity index is 1210. The average molecular weight is 461 g/mol. The van der Waals surface area contributed by atoms with Crippen molar-refractivity contribution >= 4 is 39.8 Å². The van der Waals surface area contributed by atoms with E-state index in [9.17, 15) is 24.5 Å². The highest BCUT2D eigenvalue weighted by molar-refractivity contribution is 7.18. The molecule has 3 heterocycles. The van der Waals surface area contributed by atoms with Crippen LogP contribution in [0.5, 0.6) is 0 Å². The number of amides is 2. The van der Waals surface area contributed by atoms with Gasteiger partial charge in [-0.25, -0.2) is 4.79 Å². The minimum Gasteiger partial charge on any atom is -0.459 e. The van der Waals surface area contributed by atoms with Gasteiger partial charge in [-0.2, -0.15) is 5.10 Å². The molecule has 13 heteroatoms. The summed E-state index contributed by atoms with van der Waals surface area (Å²) in [6, 6.07) is 2.93. The maximum atomic E-state index is 12.7. The number of furan rings is 1. The summed E-state index contributed by atoms with van der Waals surface area (Å²) >= 11 is 0.861. The van der Waals surface area contributed by atoms with Gasteiger partial charge in [0.05, 0.1) is 28.0 Å². The van der Waals surface area contributed by atoms with Crippen LogP contribution in [0.1, 0.15) is 55.8 Å². The number of carbonyl (C=O) groups excluding carboxylic acids is 3. The van der Waals surface area contributed by atoms with E-state index in [1.165, 1.54) is 29.9 Å². The predicted octanol–water partition coefficient (Wildman–Crippen LogP) is 2.72. The van der Waals surface area contributed by atoms with E-state index >= 15 is 0 Å². The summed E-state index contributed by atoms with van der Waals surface area (Å²) in [6.07, 6.45) is 1.92. The lowest BCUT2D eigenvalue weighted by Gasteiger charge is -2.10. The van der Waals surface area contributed by atoms with Gasteiger partial charge in [0.1, 0.15) is 23.2 Å². The Balaban J connectivity index is 1.81. The highest BCUT2D eigenvalue weighted by atomic mass is 32.1. The molecule has 2 amide bonds. The van der Waals surface area contributed by atoms with Crippen LogP contribution >= 0.6 is 11.3 Å². The van der Waals surface area contributed by atoms with E-state index in [1.54, 1.807) is 13.8 Å². The largest absolute Gasteiger partial charge is 0.459 e. The molecular formula is C19H19N5O7S. The number of aromatic nitrogens is 2. The molecule has 0 aliphatic heterocycles. The molecule has 0 saturated heterocycles. The molecule has 0 aliphatic carbocycles. The van der Waals surface area contributed by atoms with Crippen molar-refractivity contribution in [3.05, 3.63) is 62.2 Å². The van der Waals surface area contributed by atoms with Crippen molar-refractivity contribution in [3.8, 4) is 0 Å². The van der Waals surface area contributed by atoms with Crippen molar-refractivity contribution < 1.29 is 28.5 Å². The van der Waals surface area contributed by atoms with Crippen LogP contribution in [0.3, 0.4) is 0 Å². The number of hydrogen-bond donors (Lipinski definition) is 2. The summed E-state index contributed by atoms with van der Waals surface area (Å²) in [4.78, 5) is 47.2. The second-order valence-electron chi connectivity index (χ2n) is 6.95. The van der Waals surface area contributed by atoms with Crippen LogP contribution < -0.4 is 11.1 Å². The number of nitrogens with two attached hydrogens (primary N) is 1. The summed E-state index contributed by atoms with van der Waals surface area (Å²) in [7, 11) is 0. The first-order chi connectivity index (χ1) is 15.1. The zero-order valence-corrected chi connectivity index (χ0v) is 18.1. The van der Waals surface area contributed by atoms with Crippen molar-refractivity contribution in [3.63, 3.8) is 0 Å². The Morgan fingerprint density at radius 2 is 2.09 bits per heavy atom. The van der Waals surface area contributed by atoms with Gasteiger partial charge in [0.15, 0.2) is 5.76 Å². The third-order valence-electron chi connectivity index (χ3n) is 4.18. The maximum Gasteiger partial charge on any atom is 0.341 e. The van der Waals surface area contributed by atoms with Gasteiger partial charge in [-0.3, -0.25) is 24.4 Å². The second-order valence-corrected chi connectivity index (χ2v) is 7.97. The molecule has 3 aromatic rings. The molecule has 0 spiro atoms. The van der Waals surface area contributed by atoms with Gasteiger partial charge in [-0.15, -0.1) is 11.3 Å². The number of carbonyl (C=O) groups is 3. The normalized spacial score (nSPS) is 10.9. The van der Waals surface area contributed by atoms with Crippen LogP contribution in [0.25, 0.3) is 0 Å². The lowest BCUT2D eigenvalue weighted by Crippen LogP contribution is -2.17. The molecule has 12 nitrogen and oxygen atoms in total. The highest BCUT2D eigenvalue weighted by Crippen LogP contribution is 2.34. The number of thiophene rings is 1. The first-order valence-electron chi connectivity index (χ1n) is 9.28. The summed E-state index contributed by atoms with van der Waals surface area (Å²) < 4.78 is 12.0. The molecular weight excluding hydrogens is 442 g/mol. The number of nitrogens with one attached hydrogen (secondary N) is 1. The minimum atomic E-state index is -0.736. The molecule has 0 atom stereocenters. The van der Waals surface area contributed by atoms with E-state index in [4.69, 9.17) is 14.9 Å². The molecule has 0 fully saturated rings. The molecule has 3 N–H and O–H groups in total. The fraction of sp³-hybridized carbons (Fsp3) is 0.263. The van der Waals surface area contributed by atoms with Crippen LogP contribution in [0.2, 0.25) is 0 Å². The summed E-state index contributed by atoms with van der Waals surface area (Å²) in [5, 5.41) is 17.3. The summed E-state index contributed by atoms with van der Waals surface area (Å²) in [5.74, 6) is -1.85. The molecule has 0 aromatic carbocycles. The van der Waals surface area contributed by atoms with Gasteiger partial charge in [0, 0.05) is 0 Å². The Hall–Kier alpha value is -4.00. The van der Waals surface area contributed by atoms with Crippen LogP contribution in [0.4, 0.5) is 10.7 Å². The number of esters is 1. The van der Waals surface area contributed by atoms with Crippen molar-refractivity contribution in [1.29, 1.82) is 0 Å². The van der Waals surface area contributed by atoms with E-state index in [0.29, 0.717) is 11.3 Å². The molecule has 3 aromatic heterocycles. The van der Waals surface area contributed by atoms with E-state index < -0.39 is 28.8 Å². The van der Waals surface area contributed by atoms with Gasteiger partial charge in [0.25, 0.3) is 11.8 Å². The lowest BCUT2D eigenvalue weighted by atomic mass is 10.1. The van der Waals surface area contributed by atoms with Gasteiger partial charge in [-0.1, -0.05) is 0 Å². The SMILES string of the molecule is Cc1c(C(N)=O)sc(NC(=O)c2ccc(Cn3cc([N+](=O)[O-])cn3)o2)c1C(=O)OC(C)C. The summed E-state index contributed by atoms with van der Waals surface area (Å²) in [6.45, 7) is 4.95. The van der Waals surface area contributed by atoms with E-state index in [0.717, 1.165) is 17.5 Å². The minimum absolute atomic E-state index is 0.0430. The molecule has 3 rings (SSSR count). The van der Waals surface area contributed by atoms with Crippen LogP contribution in [0, 0.1) is 17.0 Å². The topological polar surface area (TPSA) is 173 Å². The molecule has 0 saturated carbocycles. The number of hydrogen-bond acceptors (Lipinski definition) is 9. The average Bonchev–Trinajstić information content (AvgIpc) is 3.40. The Kier molecular flexibility index (Phi) is 6.39. The number of ether oxygens (including phenoxy) is 1. The third kappa shape index (κ3) is 4.83. The Morgan fingerprint density at radius 1 is 1.38 bits per heavy atom. The van der Waals surface area contributed by atoms with Crippen LogP contribution in [0.15, 0.2) is 28.9 Å². The maximum absolute atomic E-state index is 12.7. The van der Waals surface area contributed by atoms with Gasteiger partial charge >= 0.3 is 11.7 Å². The smallest absolute Gasteiger partial charge is 0.341 e. The molecule has 0 bridgehead atoms. The zero-order valence-electron chi connectivity index (χ0n) is 17.3. The summed E-state index contributed by atoms with van der Waals surface area (Å²) in [5.41, 5.74) is 5.55. The van der Waals surface area contributed by atoms with Crippen LogP contribution in [-0.4, -0.2) is 38.6 Å². The van der Waals surface area contributed by atoms with Crippen molar-refractivity contribution in [2.24, 2.45) is 5.73 Å². The monoisotopic (exact) mass is 461 g/mol. The first kappa shape index (κ1) is 22.7. The quantitative estimate of drug-likeness (QED) is 0.293. The highest BCUT2D eigenvalue weighted by Gasteiger charge is 2.27. The number of nitrogens with zero attached hydrogens (tertiary/aromatic N) is 3. The standard InChI is InChI=1S/C19H19N5O7S/c1-9(2)30-19(27)14-10(3)15(16(20)25)32-18(14)22-17(26)13-5-4-12(31-13)8-23-7-11(6-21-23)24(28)29/h4-7,9H,8H2,1-3H3,(H2,20,25)(H,22,26). The number of nitro groups is 1. The molecule has 32 heavy (non-hydrogen) atoms. The van der Waals surface area contributed by atoms with Crippen molar-refractivity contribution in [1.82, 2.24) is 9.78 Å².